The maximum absolute atomic E-state index is 12.0. The van der Waals surface area contributed by atoms with Crippen molar-refractivity contribution in [1.29, 1.82) is 0 Å². The molecule has 1 fully saturated rings. The van der Waals surface area contributed by atoms with Crippen LogP contribution in [-0.4, -0.2) is 39.2 Å². The molecule has 0 unspecified atom stereocenters. The van der Waals surface area contributed by atoms with E-state index in [1.54, 1.807) is 11.3 Å². The van der Waals surface area contributed by atoms with Gasteiger partial charge in [-0.3, -0.25) is 14.9 Å². The van der Waals surface area contributed by atoms with Crippen molar-refractivity contribution in [2.24, 2.45) is 5.73 Å². The summed E-state index contributed by atoms with van der Waals surface area (Å²) in [7, 11) is 0. The van der Waals surface area contributed by atoms with Crippen molar-refractivity contribution in [2.45, 2.75) is 38.8 Å². The van der Waals surface area contributed by atoms with E-state index in [0.29, 0.717) is 18.3 Å². The molecule has 4 rings (SSSR count). The molecule has 29 heavy (non-hydrogen) atoms. The largest absolute Gasteiger partial charge is 0.351 e. The van der Waals surface area contributed by atoms with E-state index in [0.717, 1.165) is 17.0 Å². The SMILES string of the molecule is NC(=O)N(Cc1ccccc1)c1n[nH]c(-c2ccc(CN3CCCCCC3)s2)n1. The van der Waals surface area contributed by atoms with Crippen molar-refractivity contribution in [1.82, 2.24) is 20.1 Å². The first-order valence-electron chi connectivity index (χ1n) is 10.0. The van der Waals surface area contributed by atoms with Gasteiger partial charge < -0.3 is 5.73 Å². The van der Waals surface area contributed by atoms with Crippen molar-refractivity contribution in [2.75, 3.05) is 18.0 Å². The molecule has 1 saturated heterocycles. The Bertz CT molecular complexity index is 930. The summed E-state index contributed by atoms with van der Waals surface area (Å²) in [5, 5.41) is 7.19. The zero-order valence-electron chi connectivity index (χ0n) is 16.4. The van der Waals surface area contributed by atoms with Crippen LogP contribution in [0, 0.1) is 0 Å². The van der Waals surface area contributed by atoms with Gasteiger partial charge in [0.05, 0.1) is 11.4 Å². The van der Waals surface area contributed by atoms with Gasteiger partial charge in [0.15, 0.2) is 5.82 Å². The first-order valence-corrected chi connectivity index (χ1v) is 10.9. The van der Waals surface area contributed by atoms with Crippen LogP contribution in [0.25, 0.3) is 10.7 Å². The molecular formula is C21H26N6OS. The van der Waals surface area contributed by atoms with E-state index >= 15 is 0 Å². The number of thiophene rings is 1. The van der Waals surface area contributed by atoms with Gasteiger partial charge in [0, 0.05) is 11.4 Å². The highest BCUT2D eigenvalue weighted by Crippen LogP contribution is 2.28. The van der Waals surface area contributed by atoms with E-state index in [9.17, 15) is 4.79 Å². The van der Waals surface area contributed by atoms with E-state index in [2.05, 4.69) is 32.2 Å². The van der Waals surface area contributed by atoms with Crippen molar-refractivity contribution in [3.63, 3.8) is 0 Å². The average Bonchev–Trinajstić information content (AvgIpc) is 3.31. The second kappa shape index (κ2) is 9.19. The van der Waals surface area contributed by atoms with E-state index in [4.69, 9.17) is 5.73 Å². The summed E-state index contributed by atoms with van der Waals surface area (Å²) in [5.41, 5.74) is 6.54. The van der Waals surface area contributed by atoms with Crippen molar-refractivity contribution in [3.05, 3.63) is 52.9 Å². The molecule has 1 aliphatic rings. The molecule has 0 saturated carbocycles. The van der Waals surface area contributed by atoms with Gasteiger partial charge in [0.2, 0.25) is 0 Å². The summed E-state index contributed by atoms with van der Waals surface area (Å²) < 4.78 is 0. The van der Waals surface area contributed by atoms with Gasteiger partial charge in [-0.1, -0.05) is 43.2 Å². The molecule has 0 atom stereocenters. The third-order valence-corrected chi connectivity index (χ3v) is 6.21. The number of aromatic nitrogens is 3. The molecule has 2 aromatic heterocycles. The number of carbonyl (C=O) groups excluding carboxylic acids is 1. The summed E-state index contributed by atoms with van der Waals surface area (Å²) in [6.07, 6.45) is 5.25. The predicted octanol–water partition coefficient (Wildman–Crippen LogP) is 3.99. The minimum absolute atomic E-state index is 0.291. The number of likely N-dealkylation sites (tertiary alicyclic amines) is 1. The number of H-pyrrole nitrogens is 1. The number of anilines is 1. The van der Waals surface area contributed by atoms with Gasteiger partial charge in [-0.05, 0) is 43.6 Å². The van der Waals surface area contributed by atoms with Crippen LogP contribution in [0.4, 0.5) is 10.7 Å². The number of nitrogens with zero attached hydrogens (tertiary/aromatic N) is 4. The Morgan fingerprint density at radius 1 is 1.10 bits per heavy atom. The van der Waals surface area contributed by atoms with E-state index in [-0.39, 0.29) is 0 Å². The molecule has 152 valence electrons. The molecule has 3 N–H and O–H groups in total. The number of carbonyl (C=O) groups is 1. The van der Waals surface area contributed by atoms with Gasteiger partial charge in [-0.2, -0.15) is 4.98 Å². The number of rotatable bonds is 6. The number of urea groups is 1. The zero-order chi connectivity index (χ0) is 20.1. The standard InChI is InChI=1S/C21H26N6OS/c22-20(28)27(14-16-8-4-3-5-9-16)21-23-19(24-25-21)18-11-10-17(29-18)15-26-12-6-1-2-7-13-26/h3-5,8-11H,1-2,6-7,12-15H2,(H2,22,28)(H,23,24,25). The minimum atomic E-state index is -0.576. The van der Waals surface area contributed by atoms with Crippen LogP contribution in [0.3, 0.4) is 0 Å². The highest BCUT2D eigenvalue weighted by molar-refractivity contribution is 7.15. The fraction of sp³-hybridized carbons (Fsp3) is 0.381. The predicted molar refractivity (Wildman–Crippen MR) is 116 cm³/mol. The lowest BCUT2D eigenvalue weighted by atomic mass is 10.2. The second-order valence-corrected chi connectivity index (χ2v) is 8.52. The van der Waals surface area contributed by atoms with Crippen molar-refractivity contribution >= 4 is 23.3 Å². The first-order chi connectivity index (χ1) is 14.2. The highest BCUT2D eigenvalue weighted by atomic mass is 32.1. The van der Waals surface area contributed by atoms with Crippen molar-refractivity contribution in [3.8, 4) is 10.7 Å². The Hall–Kier alpha value is -2.71. The molecule has 0 radical (unpaired) electrons. The third-order valence-electron chi connectivity index (χ3n) is 5.14. The smallest absolute Gasteiger partial charge is 0.322 e. The minimum Gasteiger partial charge on any atom is -0.351 e. The van der Waals surface area contributed by atoms with Crippen LogP contribution in [0.15, 0.2) is 42.5 Å². The lowest BCUT2D eigenvalue weighted by Crippen LogP contribution is -2.36. The molecule has 0 aliphatic carbocycles. The lowest BCUT2D eigenvalue weighted by molar-refractivity contribution is 0.253. The maximum Gasteiger partial charge on any atom is 0.322 e. The molecule has 2 amide bonds. The Balaban J connectivity index is 1.46. The fourth-order valence-corrected chi connectivity index (χ4v) is 4.59. The lowest BCUT2D eigenvalue weighted by Gasteiger charge is -2.18. The number of nitrogens with two attached hydrogens (primary N) is 1. The molecule has 0 bridgehead atoms. The van der Waals surface area contributed by atoms with Crippen LogP contribution < -0.4 is 10.6 Å². The van der Waals surface area contributed by atoms with E-state index < -0.39 is 6.03 Å². The van der Waals surface area contributed by atoms with Gasteiger partial charge in [0.1, 0.15) is 0 Å². The van der Waals surface area contributed by atoms with Gasteiger partial charge in [-0.15, -0.1) is 16.4 Å². The monoisotopic (exact) mass is 410 g/mol. The van der Waals surface area contributed by atoms with E-state index in [1.807, 2.05) is 30.3 Å². The summed E-state index contributed by atoms with van der Waals surface area (Å²) >= 11 is 1.71. The molecule has 1 aromatic carbocycles. The zero-order valence-corrected chi connectivity index (χ0v) is 17.2. The highest BCUT2D eigenvalue weighted by Gasteiger charge is 2.19. The molecule has 7 nitrogen and oxygen atoms in total. The number of amides is 2. The summed E-state index contributed by atoms with van der Waals surface area (Å²) in [6.45, 7) is 3.66. The number of benzene rings is 1. The molecule has 3 aromatic rings. The van der Waals surface area contributed by atoms with E-state index in [1.165, 1.54) is 48.5 Å². The van der Waals surface area contributed by atoms with Crippen LogP contribution >= 0.6 is 11.3 Å². The van der Waals surface area contributed by atoms with Crippen LogP contribution in [-0.2, 0) is 13.1 Å². The molecule has 1 aliphatic heterocycles. The van der Waals surface area contributed by atoms with Crippen LogP contribution in [0.2, 0.25) is 0 Å². The topological polar surface area (TPSA) is 91.1 Å². The quantitative estimate of drug-likeness (QED) is 0.643. The van der Waals surface area contributed by atoms with Crippen molar-refractivity contribution < 1.29 is 4.79 Å². The number of primary amides is 1. The molecule has 3 heterocycles. The Labute approximate surface area is 174 Å². The van der Waals surface area contributed by atoms with Gasteiger partial charge in [-0.25, -0.2) is 4.79 Å². The van der Waals surface area contributed by atoms with Gasteiger partial charge in [0.25, 0.3) is 5.95 Å². The van der Waals surface area contributed by atoms with Crippen LogP contribution in [0.1, 0.15) is 36.1 Å². The molecular weight excluding hydrogens is 384 g/mol. The normalized spacial score (nSPS) is 15.2. The molecule has 0 spiro atoms. The Morgan fingerprint density at radius 2 is 1.86 bits per heavy atom. The first kappa shape index (κ1) is 19.6. The maximum atomic E-state index is 12.0. The number of nitrogens with one attached hydrogen (secondary N) is 1. The number of hydrogen-bond donors (Lipinski definition) is 2. The van der Waals surface area contributed by atoms with Crippen LogP contribution in [0.5, 0.6) is 0 Å². The summed E-state index contributed by atoms with van der Waals surface area (Å²) in [4.78, 5) is 22.7. The third kappa shape index (κ3) is 5.02. The van der Waals surface area contributed by atoms with Gasteiger partial charge >= 0.3 is 6.03 Å². The summed E-state index contributed by atoms with van der Waals surface area (Å²) in [5.74, 6) is 0.949. The Kier molecular flexibility index (Phi) is 6.21. The summed E-state index contributed by atoms with van der Waals surface area (Å²) in [6, 6.07) is 13.3. The Morgan fingerprint density at radius 3 is 2.59 bits per heavy atom. The number of hydrogen-bond acceptors (Lipinski definition) is 5. The number of aromatic amines is 1. The fourth-order valence-electron chi connectivity index (χ4n) is 3.60. The molecule has 8 heteroatoms. The average molecular weight is 411 g/mol. The second-order valence-electron chi connectivity index (χ2n) is 7.35.